The zero-order valence-corrected chi connectivity index (χ0v) is 14.9. The van der Waals surface area contributed by atoms with E-state index in [2.05, 4.69) is 10.2 Å². The van der Waals surface area contributed by atoms with Gasteiger partial charge in [0.15, 0.2) is 0 Å². The molecule has 1 aliphatic heterocycles. The highest BCUT2D eigenvalue weighted by Gasteiger charge is 2.25. The first-order valence-corrected chi connectivity index (χ1v) is 8.61. The number of nitrogens with one attached hydrogen (secondary N) is 1. The number of rotatable bonds is 6. The second-order valence-electron chi connectivity index (χ2n) is 6.13. The number of nitrogens with zero attached hydrogens (tertiary/aromatic N) is 3. The summed E-state index contributed by atoms with van der Waals surface area (Å²) in [7, 11) is 2.03. The van der Waals surface area contributed by atoms with Crippen LogP contribution in [0.15, 0.2) is 18.2 Å². The monoisotopic (exact) mass is 370 g/mol. The van der Waals surface area contributed by atoms with Crippen LogP contribution in [0.4, 0.5) is 16.2 Å². The van der Waals surface area contributed by atoms with Crippen LogP contribution >= 0.6 is 11.6 Å². The molecule has 25 heavy (non-hydrogen) atoms. The standard InChI is InChI=1S/C16H23ClN4O4/c1-19(7-2-10-22)13-5-8-20(9-6-13)16(23)18-12-3-4-14(17)15(11-12)21(24)25/h3-4,11,13,22H,2,5-10H2,1H3,(H,18,23). The number of carbonyl (C=O) groups is 1. The van der Waals surface area contributed by atoms with Crippen LogP contribution < -0.4 is 5.32 Å². The van der Waals surface area contributed by atoms with E-state index in [-0.39, 0.29) is 23.3 Å². The van der Waals surface area contributed by atoms with E-state index in [1.165, 1.54) is 12.1 Å². The highest BCUT2D eigenvalue weighted by molar-refractivity contribution is 6.32. The zero-order valence-electron chi connectivity index (χ0n) is 14.2. The van der Waals surface area contributed by atoms with Crippen molar-refractivity contribution in [2.24, 2.45) is 0 Å². The van der Waals surface area contributed by atoms with Crippen molar-refractivity contribution in [3.63, 3.8) is 0 Å². The molecule has 0 saturated carbocycles. The molecule has 8 nitrogen and oxygen atoms in total. The molecule has 1 fully saturated rings. The molecule has 0 unspecified atom stereocenters. The van der Waals surface area contributed by atoms with Crippen LogP contribution in [0.1, 0.15) is 19.3 Å². The van der Waals surface area contributed by atoms with Gasteiger partial charge in [0.25, 0.3) is 5.69 Å². The van der Waals surface area contributed by atoms with E-state index in [4.69, 9.17) is 16.7 Å². The first kappa shape index (κ1) is 19.4. The maximum absolute atomic E-state index is 12.3. The molecule has 2 amide bonds. The number of halogens is 1. The molecular formula is C16H23ClN4O4. The molecule has 9 heteroatoms. The van der Waals surface area contributed by atoms with E-state index in [0.29, 0.717) is 24.8 Å². The van der Waals surface area contributed by atoms with E-state index in [9.17, 15) is 14.9 Å². The quantitative estimate of drug-likeness (QED) is 0.592. The molecule has 1 heterocycles. The first-order valence-electron chi connectivity index (χ1n) is 8.23. The minimum Gasteiger partial charge on any atom is -0.396 e. The molecule has 1 aromatic carbocycles. The summed E-state index contributed by atoms with van der Waals surface area (Å²) in [6.07, 6.45) is 2.46. The Balaban J connectivity index is 1.89. The van der Waals surface area contributed by atoms with Gasteiger partial charge < -0.3 is 20.2 Å². The Morgan fingerprint density at radius 3 is 2.76 bits per heavy atom. The number of amides is 2. The number of carbonyl (C=O) groups excluding carboxylic acids is 1. The molecule has 1 aromatic rings. The molecule has 2 rings (SSSR count). The molecule has 0 radical (unpaired) electrons. The van der Waals surface area contributed by atoms with Crippen molar-refractivity contribution in [3.05, 3.63) is 33.3 Å². The van der Waals surface area contributed by atoms with Crippen molar-refractivity contribution in [2.45, 2.75) is 25.3 Å². The molecule has 0 aromatic heterocycles. The highest BCUT2D eigenvalue weighted by atomic mass is 35.5. The first-order chi connectivity index (χ1) is 11.9. The van der Waals surface area contributed by atoms with Crippen LogP contribution in [0, 0.1) is 10.1 Å². The van der Waals surface area contributed by atoms with Gasteiger partial charge in [-0.05, 0) is 38.4 Å². The number of anilines is 1. The number of hydrogen-bond donors (Lipinski definition) is 2. The van der Waals surface area contributed by atoms with E-state index >= 15 is 0 Å². The summed E-state index contributed by atoms with van der Waals surface area (Å²) in [6.45, 7) is 2.26. The third-order valence-corrected chi connectivity index (χ3v) is 4.76. The average molecular weight is 371 g/mol. The summed E-state index contributed by atoms with van der Waals surface area (Å²) in [5, 5.41) is 22.5. The van der Waals surface area contributed by atoms with Crippen LogP contribution in [0.5, 0.6) is 0 Å². The molecule has 0 aliphatic carbocycles. The SMILES string of the molecule is CN(CCCO)C1CCN(C(=O)Nc2ccc(Cl)c([N+](=O)[O-])c2)CC1. The van der Waals surface area contributed by atoms with Gasteiger partial charge in [0.2, 0.25) is 0 Å². The Kier molecular flexibility index (Phi) is 6.98. The summed E-state index contributed by atoms with van der Waals surface area (Å²) in [5.41, 5.74) is 0.118. The molecule has 0 atom stereocenters. The number of nitro benzene ring substituents is 1. The third kappa shape index (κ3) is 5.29. The van der Waals surface area contributed by atoms with Gasteiger partial charge in [-0.25, -0.2) is 4.79 Å². The molecule has 0 bridgehead atoms. The van der Waals surface area contributed by atoms with Gasteiger partial charge in [-0.3, -0.25) is 10.1 Å². The summed E-state index contributed by atoms with van der Waals surface area (Å²) < 4.78 is 0. The Morgan fingerprint density at radius 2 is 2.16 bits per heavy atom. The summed E-state index contributed by atoms with van der Waals surface area (Å²) >= 11 is 5.77. The van der Waals surface area contributed by atoms with Crippen LogP contribution in [-0.2, 0) is 0 Å². The van der Waals surface area contributed by atoms with Crippen LogP contribution in [0.2, 0.25) is 5.02 Å². The Hall–Kier alpha value is -1.90. The summed E-state index contributed by atoms with van der Waals surface area (Å²) in [6, 6.07) is 4.33. The highest BCUT2D eigenvalue weighted by Crippen LogP contribution is 2.27. The fourth-order valence-electron chi connectivity index (χ4n) is 2.95. The number of hydrogen-bond acceptors (Lipinski definition) is 5. The topological polar surface area (TPSA) is 99.0 Å². The van der Waals surface area contributed by atoms with Gasteiger partial charge in [0.1, 0.15) is 5.02 Å². The molecular weight excluding hydrogens is 348 g/mol. The van der Waals surface area contributed by atoms with Crippen molar-refractivity contribution < 1.29 is 14.8 Å². The lowest BCUT2D eigenvalue weighted by Crippen LogP contribution is -2.47. The lowest BCUT2D eigenvalue weighted by molar-refractivity contribution is -0.384. The molecule has 1 saturated heterocycles. The fraction of sp³-hybridized carbons (Fsp3) is 0.562. The van der Waals surface area contributed by atoms with Gasteiger partial charge in [0, 0.05) is 44.0 Å². The number of aliphatic hydroxyl groups excluding tert-OH is 1. The largest absolute Gasteiger partial charge is 0.396 e. The predicted molar refractivity (Wildman–Crippen MR) is 96.1 cm³/mol. The maximum atomic E-state index is 12.3. The van der Waals surface area contributed by atoms with Crippen molar-refractivity contribution in [1.82, 2.24) is 9.80 Å². The van der Waals surface area contributed by atoms with Gasteiger partial charge >= 0.3 is 6.03 Å². The number of benzene rings is 1. The minimum absolute atomic E-state index is 0.0368. The van der Waals surface area contributed by atoms with Crippen molar-refractivity contribution in [3.8, 4) is 0 Å². The molecule has 138 valence electrons. The molecule has 2 N–H and O–H groups in total. The molecule has 0 spiro atoms. The van der Waals surface area contributed by atoms with Crippen molar-refractivity contribution in [2.75, 3.05) is 38.6 Å². The average Bonchev–Trinajstić information content (AvgIpc) is 2.61. The number of aliphatic hydroxyl groups is 1. The number of nitro groups is 1. The molecule has 1 aliphatic rings. The number of piperidine rings is 1. The van der Waals surface area contributed by atoms with Crippen LogP contribution in [-0.4, -0.2) is 65.2 Å². The van der Waals surface area contributed by atoms with E-state index in [0.717, 1.165) is 25.8 Å². The lowest BCUT2D eigenvalue weighted by Gasteiger charge is -2.36. The Morgan fingerprint density at radius 1 is 1.48 bits per heavy atom. The maximum Gasteiger partial charge on any atom is 0.321 e. The van der Waals surface area contributed by atoms with Gasteiger partial charge in [-0.2, -0.15) is 0 Å². The second kappa shape index (κ2) is 8.98. The minimum atomic E-state index is -0.578. The second-order valence-corrected chi connectivity index (χ2v) is 6.54. The predicted octanol–water partition coefficient (Wildman–Crippen LogP) is 2.56. The van der Waals surface area contributed by atoms with Crippen LogP contribution in [0.25, 0.3) is 0 Å². The normalized spacial score (nSPS) is 15.4. The summed E-state index contributed by atoms with van der Waals surface area (Å²) in [5.74, 6) is 0. The lowest BCUT2D eigenvalue weighted by atomic mass is 10.0. The smallest absolute Gasteiger partial charge is 0.321 e. The van der Waals surface area contributed by atoms with Crippen LogP contribution in [0.3, 0.4) is 0 Å². The summed E-state index contributed by atoms with van der Waals surface area (Å²) in [4.78, 5) is 26.6. The number of urea groups is 1. The van der Waals surface area contributed by atoms with Gasteiger partial charge in [-0.15, -0.1) is 0 Å². The van der Waals surface area contributed by atoms with Crippen molar-refractivity contribution in [1.29, 1.82) is 0 Å². The van der Waals surface area contributed by atoms with E-state index in [1.807, 2.05) is 7.05 Å². The fourth-order valence-corrected chi connectivity index (χ4v) is 3.13. The van der Waals surface area contributed by atoms with Gasteiger partial charge in [-0.1, -0.05) is 11.6 Å². The Labute approximate surface area is 151 Å². The zero-order chi connectivity index (χ0) is 18.4. The third-order valence-electron chi connectivity index (χ3n) is 4.44. The van der Waals surface area contributed by atoms with Gasteiger partial charge in [0.05, 0.1) is 4.92 Å². The Bertz CT molecular complexity index is 620. The number of likely N-dealkylation sites (tertiary alicyclic amines) is 1. The van der Waals surface area contributed by atoms with Crippen molar-refractivity contribution >= 4 is 29.0 Å². The van der Waals surface area contributed by atoms with E-state index < -0.39 is 4.92 Å². The van der Waals surface area contributed by atoms with E-state index in [1.54, 1.807) is 11.0 Å².